The molecule has 1 saturated heterocycles. The first-order chi connectivity index (χ1) is 13.9. The van der Waals surface area contributed by atoms with Gasteiger partial charge in [-0.3, -0.25) is 9.59 Å². The zero-order valence-corrected chi connectivity index (χ0v) is 17.6. The quantitative estimate of drug-likeness (QED) is 0.444. The molecule has 0 radical (unpaired) electrons. The largest absolute Gasteiger partial charge is 0.507 e. The van der Waals surface area contributed by atoms with Crippen molar-refractivity contribution in [2.45, 2.75) is 25.5 Å². The van der Waals surface area contributed by atoms with Gasteiger partial charge in [-0.1, -0.05) is 6.07 Å². The summed E-state index contributed by atoms with van der Waals surface area (Å²) in [6, 6.07) is 8.66. The summed E-state index contributed by atoms with van der Waals surface area (Å²) in [5.74, 6) is -0.494. The molecular weight excluding hydrogens is 388 g/mol. The molecule has 6 nitrogen and oxygen atoms in total. The number of carbonyl (C=O) groups is 2. The number of carbonyl (C=O) groups excluding carboxylic acids is 2. The van der Waals surface area contributed by atoms with E-state index in [2.05, 4.69) is 0 Å². The Morgan fingerprint density at radius 3 is 2.79 bits per heavy atom. The average Bonchev–Trinajstić information content (AvgIpc) is 3.38. The number of Topliss-reactive ketones (excluding diaryl/α,β-unsaturated/α-hetero) is 1. The van der Waals surface area contributed by atoms with E-state index in [0.717, 1.165) is 22.6 Å². The summed E-state index contributed by atoms with van der Waals surface area (Å²) in [4.78, 5) is 29.4. The van der Waals surface area contributed by atoms with Crippen LogP contribution in [-0.2, 0) is 16.0 Å². The first-order valence-corrected chi connectivity index (χ1v) is 10.7. The van der Waals surface area contributed by atoms with Gasteiger partial charge in [-0.15, -0.1) is 11.3 Å². The number of nitrogens with zero attached hydrogens (tertiary/aromatic N) is 1. The van der Waals surface area contributed by atoms with Crippen LogP contribution in [0.4, 0.5) is 0 Å². The van der Waals surface area contributed by atoms with Crippen LogP contribution in [0.5, 0.6) is 5.75 Å². The smallest absolute Gasteiger partial charge is 0.295 e. The van der Waals surface area contributed by atoms with Gasteiger partial charge in [0.25, 0.3) is 11.7 Å². The highest BCUT2D eigenvalue weighted by atomic mass is 32.1. The molecule has 2 aliphatic rings. The monoisotopic (exact) mass is 413 g/mol. The number of ether oxygens (including phenoxy) is 1. The van der Waals surface area contributed by atoms with Crippen LogP contribution in [0, 0.1) is 0 Å². The molecule has 2 aromatic rings. The summed E-state index contributed by atoms with van der Waals surface area (Å²) in [6.45, 7) is 3.15. The van der Waals surface area contributed by atoms with E-state index >= 15 is 0 Å². The molecule has 0 bridgehead atoms. The number of nitrogens with one attached hydrogen (secondary N) is 1. The van der Waals surface area contributed by atoms with E-state index in [0.29, 0.717) is 18.7 Å². The number of quaternary nitrogens is 1. The van der Waals surface area contributed by atoms with Gasteiger partial charge in [0.1, 0.15) is 17.6 Å². The maximum absolute atomic E-state index is 12.9. The maximum Gasteiger partial charge on any atom is 0.295 e. The average molecular weight is 414 g/mol. The molecule has 0 unspecified atom stereocenters. The van der Waals surface area contributed by atoms with Gasteiger partial charge in [-0.25, -0.2) is 0 Å². The molecule has 1 aromatic carbocycles. The van der Waals surface area contributed by atoms with Crippen molar-refractivity contribution in [3.63, 3.8) is 0 Å². The predicted octanol–water partition coefficient (Wildman–Crippen LogP) is 1.64. The second kappa shape index (κ2) is 7.65. The zero-order chi connectivity index (χ0) is 20.7. The third-order valence-corrected chi connectivity index (χ3v) is 6.30. The Bertz CT molecular complexity index is 981. The topological polar surface area (TPSA) is 71.3 Å². The third-order valence-electron chi connectivity index (χ3n) is 5.37. The van der Waals surface area contributed by atoms with E-state index in [1.807, 2.05) is 50.7 Å². The summed E-state index contributed by atoms with van der Waals surface area (Å²) >= 11 is 1.48. The minimum Gasteiger partial charge on any atom is -0.507 e. The number of rotatable bonds is 5. The Morgan fingerprint density at radius 2 is 2.10 bits per heavy atom. The molecule has 152 valence electrons. The number of hydrogen-bond acceptors (Lipinski definition) is 5. The minimum absolute atomic E-state index is 0.0904. The maximum atomic E-state index is 12.9. The fourth-order valence-electron chi connectivity index (χ4n) is 3.92. The molecule has 0 aliphatic carbocycles. The lowest BCUT2D eigenvalue weighted by Crippen LogP contribution is -3.06. The van der Waals surface area contributed by atoms with Crippen LogP contribution in [0.1, 0.15) is 29.0 Å². The van der Waals surface area contributed by atoms with Crippen LogP contribution in [0.25, 0.3) is 5.76 Å². The molecule has 2 aliphatic heterocycles. The standard InChI is InChI=1S/C22H24N2O4S/c1-13-11-15-12-14(6-7-16(15)28-13)20(25)18-19(17-5-4-10-29-17)24(9-8-23(2)3)22(27)21(18)26/h4-7,10,12-13,19,25H,8-9,11H2,1-3H3/p+1/t13-,19-/m1/s1. The Labute approximate surface area is 174 Å². The zero-order valence-electron chi connectivity index (χ0n) is 16.8. The first kappa shape index (κ1) is 19.7. The number of ketones is 1. The summed E-state index contributed by atoms with van der Waals surface area (Å²) in [6.07, 6.45) is 0.845. The fraction of sp³-hybridized carbons (Fsp3) is 0.364. The number of amides is 1. The van der Waals surface area contributed by atoms with Crippen molar-refractivity contribution < 1.29 is 24.3 Å². The molecular formula is C22H25N2O4S+. The molecule has 2 N–H and O–H groups in total. The number of likely N-dealkylation sites (N-methyl/N-ethyl adjacent to an activating group) is 1. The molecule has 7 heteroatoms. The number of fused-ring (bicyclic) bond motifs is 1. The first-order valence-electron chi connectivity index (χ1n) is 9.77. The van der Waals surface area contributed by atoms with Crippen LogP contribution in [0.3, 0.4) is 0 Å². The summed E-state index contributed by atoms with van der Waals surface area (Å²) < 4.78 is 5.73. The third kappa shape index (κ3) is 3.56. The second-order valence-electron chi connectivity index (χ2n) is 7.92. The molecule has 3 heterocycles. The number of likely N-dealkylation sites (tertiary alicyclic amines) is 1. The Balaban J connectivity index is 1.78. The molecule has 0 saturated carbocycles. The van der Waals surface area contributed by atoms with E-state index in [4.69, 9.17) is 4.74 Å². The van der Waals surface area contributed by atoms with Crippen molar-refractivity contribution in [3.8, 4) is 5.75 Å². The van der Waals surface area contributed by atoms with Crippen molar-refractivity contribution >= 4 is 28.8 Å². The normalized spacial score (nSPS) is 23.0. The van der Waals surface area contributed by atoms with Crippen molar-refractivity contribution in [1.82, 2.24) is 4.90 Å². The van der Waals surface area contributed by atoms with Gasteiger partial charge in [-0.05, 0) is 42.1 Å². The van der Waals surface area contributed by atoms with Gasteiger partial charge in [0.15, 0.2) is 0 Å². The fourth-order valence-corrected chi connectivity index (χ4v) is 4.77. The number of aliphatic hydroxyl groups excluding tert-OH is 1. The van der Waals surface area contributed by atoms with E-state index in [1.165, 1.54) is 16.2 Å². The number of thiophene rings is 1. The number of benzene rings is 1. The van der Waals surface area contributed by atoms with Crippen LogP contribution >= 0.6 is 11.3 Å². The van der Waals surface area contributed by atoms with Gasteiger partial charge in [0.2, 0.25) is 0 Å². The van der Waals surface area contributed by atoms with Gasteiger partial charge in [0.05, 0.1) is 38.8 Å². The summed E-state index contributed by atoms with van der Waals surface area (Å²) in [7, 11) is 4.01. The van der Waals surface area contributed by atoms with Crippen LogP contribution in [0.2, 0.25) is 0 Å². The lowest BCUT2D eigenvalue weighted by Gasteiger charge is -2.24. The lowest BCUT2D eigenvalue weighted by atomic mass is 9.98. The van der Waals surface area contributed by atoms with Crippen LogP contribution in [-0.4, -0.2) is 55.0 Å². The van der Waals surface area contributed by atoms with E-state index in [9.17, 15) is 14.7 Å². The van der Waals surface area contributed by atoms with Crippen molar-refractivity contribution in [3.05, 3.63) is 57.3 Å². The molecule has 1 fully saturated rings. The van der Waals surface area contributed by atoms with E-state index < -0.39 is 17.7 Å². The number of hydrogen-bond donors (Lipinski definition) is 2. The lowest BCUT2D eigenvalue weighted by molar-refractivity contribution is -0.857. The molecule has 2 atom stereocenters. The number of aliphatic hydroxyl groups is 1. The van der Waals surface area contributed by atoms with Gasteiger partial charge >= 0.3 is 0 Å². The summed E-state index contributed by atoms with van der Waals surface area (Å²) in [5.41, 5.74) is 1.71. The van der Waals surface area contributed by atoms with Crippen molar-refractivity contribution in [2.75, 3.05) is 27.2 Å². The molecule has 4 rings (SSSR count). The Hall–Kier alpha value is -2.64. The summed E-state index contributed by atoms with van der Waals surface area (Å²) in [5, 5.41) is 13.0. The van der Waals surface area contributed by atoms with Crippen LogP contribution < -0.4 is 9.64 Å². The highest BCUT2D eigenvalue weighted by Crippen LogP contribution is 2.41. The van der Waals surface area contributed by atoms with Crippen LogP contribution in [0.15, 0.2) is 41.3 Å². The SMILES string of the molecule is C[C@@H]1Cc2cc(C(O)=C3C(=O)C(=O)N(CC[NH+](C)C)[C@@H]3c3cccs3)ccc2O1. The molecule has 29 heavy (non-hydrogen) atoms. The molecule has 1 amide bonds. The minimum atomic E-state index is -0.625. The molecule has 1 aromatic heterocycles. The second-order valence-corrected chi connectivity index (χ2v) is 8.90. The van der Waals surface area contributed by atoms with Gasteiger partial charge in [0, 0.05) is 16.9 Å². The van der Waals surface area contributed by atoms with Gasteiger partial charge < -0.3 is 19.6 Å². The highest BCUT2D eigenvalue weighted by Gasteiger charge is 2.46. The van der Waals surface area contributed by atoms with E-state index in [1.54, 1.807) is 11.0 Å². The van der Waals surface area contributed by atoms with Gasteiger partial charge in [-0.2, -0.15) is 0 Å². The Morgan fingerprint density at radius 1 is 1.31 bits per heavy atom. The van der Waals surface area contributed by atoms with E-state index in [-0.39, 0.29) is 17.4 Å². The highest BCUT2D eigenvalue weighted by molar-refractivity contribution is 7.10. The Kier molecular flexibility index (Phi) is 5.19. The van der Waals surface area contributed by atoms with Crippen molar-refractivity contribution in [2.24, 2.45) is 0 Å². The van der Waals surface area contributed by atoms with Crippen molar-refractivity contribution in [1.29, 1.82) is 0 Å². The molecule has 0 spiro atoms. The predicted molar refractivity (Wildman–Crippen MR) is 111 cm³/mol.